The molecule has 1 fully saturated rings. The minimum absolute atomic E-state index is 0.00394. The van der Waals surface area contributed by atoms with Crippen molar-refractivity contribution in [1.82, 2.24) is 0 Å². The molecule has 0 amide bonds. The van der Waals surface area contributed by atoms with E-state index in [2.05, 4.69) is 0 Å². The van der Waals surface area contributed by atoms with Gasteiger partial charge in [0.2, 0.25) is 0 Å². The number of carbonyl (C=O) groups is 1. The normalized spacial score (nSPS) is 19.8. The number of rotatable bonds is 6. The molecule has 1 unspecified atom stereocenters. The summed E-state index contributed by atoms with van der Waals surface area (Å²) in [6.07, 6.45) is 3.90. The van der Waals surface area contributed by atoms with Crippen LogP contribution in [0.1, 0.15) is 32.1 Å². The summed E-state index contributed by atoms with van der Waals surface area (Å²) in [7, 11) is -3.55. The fourth-order valence-corrected chi connectivity index (χ4v) is 4.25. The molecule has 1 rings (SSSR count). The summed E-state index contributed by atoms with van der Waals surface area (Å²) in [4.78, 5) is 10.9. The molecule has 0 radical (unpaired) electrons. The number of hydrogen-bond donors (Lipinski definition) is 2. The van der Waals surface area contributed by atoms with Gasteiger partial charge in [-0.1, -0.05) is 12.8 Å². The Labute approximate surface area is 95.9 Å². The van der Waals surface area contributed by atoms with Crippen LogP contribution in [0.3, 0.4) is 0 Å². The molecule has 0 spiro atoms. The molecule has 94 valence electrons. The van der Waals surface area contributed by atoms with E-state index in [1.807, 2.05) is 0 Å². The lowest BCUT2D eigenvalue weighted by atomic mass is 10.1. The molecule has 1 atom stereocenters. The number of carboxylic acid groups (broad SMARTS) is 1. The van der Waals surface area contributed by atoms with Gasteiger partial charge < -0.3 is 10.8 Å². The molecule has 0 aromatic rings. The second kappa shape index (κ2) is 5.63. The summed E-state index contributed by atoms with van der Waals surface area (Å²) in [5, 5.41) is 7.56. The first-order valence-corrected chi connectivity index (χ1v) is 7.33. The number of sulfone groups is 1. The second-order valence-electron chi connectivity index (χ2n) is 4.38. The maximum atomic E-state index is 11.9. The zero-order valence-corrected chi connectivity index (χ0v) is 10.1. The first-order valence-electron chi connectivity index (χ1n) is 5.62. The van der Waals surface area contributed by atoms with Gasteiger partial charge in [-0.2, -0.15) is 0 Å². The van der Waals surface area contributed by atoms with Gasteiger partial charge in [0, 0.05) is 0 Å². The Bertz CT molecular complexity index is 333. The van der Waals surface area contributed by atoms with Crippen molar-refractivity contribution < 1.29 is 18.3 Å². The average Bonchev–Trinajstić information content (AvgIpc) is 2.65. The van der Waals surface area contributed by atoms with E-state index < -0.39 is 21.1 Å². The van der Waals surface area contributed by atoms with Gasteiger partial charge in [-0.05, 0) is 31.7 Å². The van der Waals surface area contributed by atoms with Crippen molar-refractivity contribution >= 4 is 15.8 Å². The largest absolute Gasteiger partial charge is 0.480 e. The predicted octanol–water partition coefficient (Wildman–Crippen LogP) is 0.393. The van der Waals surface area contributed by atoms with E-state index in [4.69, 9.17) is 10.8 Å². The van der Waals surface area contributed by atoms with Gasteiger partial charge >= 0.3 is 5.97 Å². The van der Waals surface area contributed by atoms with E-state index in [0.717, 1.165) is 25.7 Å². The highest BCUT2D eigenvalue weighted by Crippen LogP contribution is 2.27. The Hall–Kier alpha value is -0.620. The molecule has 0 saturated heterocycles. The minimum Gasteiger partial charge on any atom is -0.480 e. The summed E-state index contributed by atoms with van der Waals surface area (Å²) >= 11 is 0. The molecule has 1 saturated carbocycles. The SMILES string of the molecule is NCCC(C(=O)O)S(=O)(=O)CC1CCCC1. The fourth-order valence-electron chi connectivity index (χ4n) is 2.23. The summed E-state index contributed by atoms with van der Waals surface area (Å²) in [6, 6.07) is 0. The van der Waals surface area contributed by atoms with Crippen molar-refractivity contribution in [2.45, 2.75) is 37.4 Å². The highest BCUT2D eigenvalue weighted by molar-refractivity contribution is 7.92. The quantitative estimate of drug-likeness (QED) is 0.709. The van der Waals surface area contributed by atoms with E-state index in [0.29, 0.717) is 0 Å². The average molecular weight is 249 g/mol. The van der Waals surface area contributed by atoms with Crippen molar-refractivity contribution in [1.29, 1.82) is 0 Å². The summed E-state index contributed by atoms with van der Waals surface area (Å²) < 4.78 is 23.8. The molecule has 0 aromatic heterocycles. The molecule has 1 aliphatic rings. The van der Waals surface area contributed by atoms with Gasteiger partial charge in [-0.3, -0.25) is 4.79 Å². The fraction of sp³-hybridized carbons (Fsp3) is 0.900. The first kappa shape index (κ1) is 13.4. The van der Waals surface area contributed by atoms with Gasteiger partial charge in [0.05, 0.1) is 5.75 Å². The maximum absolute atomic E-state index is 11.9. The van der Waals surface area contributed by atoms with E-state index in [9.17, 15) is 13.2 Å². The van der Waals surface area contributed by atoms with Crippen molar-refractivity contribution in [2.75, 3.05) is 12.3 Å². The van der Waals surface area contributed by atoms with Gasteiger partial charge in [0.1, 0.15) is 0 Å². The molecule has 0 bridgehead atoms. The number of hydrogen-bond acceptors (Lipinski definition) is 4. The molecule has 0 heterocycles. The summed E-state index contributed by atoms with van der Waals surface area (Å²) in [5.41, 5.74) is 5.24. The highest BCUT2D eigenvalue weighted by atomic mass is 32.2. The molecule has 1 aliphatic carbocycles. The topological polar surface area (TPSA) is 97.5 Å². The lowest BCUT2D eigenvalue weighted by Crippen LogP contribution is -2.35. The minimum atomic E-state index is -3.55. The van der Waals surface area contributed by atoms with Crippen LogP contribution >= 0.6 is 0 Å². The van der Waals surface area contributed by atoms with Crippen LogP contribution in [0.4, 0.5) is 0 Å². The second-order valence-corrected chi connectivity index (χ2v) is 6.61. The third kappa shape index (κ3) is 3.45. The van der Waals surface area contributed by atoms with Crippen molar-refractivity contribution in [3.63, 3.8) is 0 Å². The van der Waals surface area contributed by atoms with Gasteiger partial charge in [-0.25, -0.2) is 8.42 Å². The Kier molecular flexibility index (Phi) is 4.73. The van der Waals surface area contributed by atoms with Crippen molar-refractivity contribution in [2.24, 2.45) is 11.7 Å². The Morgan fingerprint density at radius 2 is 1.94 bits per heavy atom. The van der Waals surface area contributed by atoms with E-state index in [1.165, 1.54) is 0 Å². The molecule has 3 N–H and O–H groups in total. The van der Waals surface area contributed by atoms with Gasteiger partial charge in [0.15, 0.2) is 15.1 Å². The van der Waals surface area contributed by atoms with Crippen molar-refractivity contribution in [3.05, 3.63) is 0 Å². The van der Waals surface area contributed by atoms with E-state index in [-0.39, 0.29) is 24.6 Å². The lowest BCUT2D eigenvalue weighted by Gasteiger charge is -2.15. The number of aliphatic carboxylic acids is 1. The monoisotopic (exact) mass is 249 g/mol. The summed E-state index contributed by atoms with van der Waals surface area (Å²) in [6.45, 7) is 0.0842. The van der Waals surface area contributed by atoms with Crippen LogP contribution in [0, 0.1) is 5.92 Å². The molecule has 16 heavy (non-hydrogen) atoms. The molecule has 0 aliphatic heterocycles. The third-order valence-corrected chi connectivity index (χ3v) is 5.32. The zero-order chi connectivity index (χ0) is 12.2. The van der Waals surface area contributed by atoms with Crippen LogP contribution in [-0.2, 0) is 14.6 Å². The molecule has 5 nitrogen and oxygen atoms in total. The molecule has 0 aromatic carbocycles. The number of carboxylic acids is 1. The van der Waals surface area contributed by atoms with Crippen LogP contribution in [0.25, 0.3) is 0 Å². The van der Waals surface area contributed by atoms with Crippen LogP contribution in [0.2, 0.25) is 0 Å². The van der Waals surface area contributed by atoms with Crippen molar-refractivity contribution in [3.8, 4) is 0 Å². The van der Waals surface area contributed by atoms with Crippen LogP contribution in [0.5, 0.6) is 0 Å². The molecule has 6 heteroatoms. The van der Waals surface area contributed by atoms with Crippen LogP contribution < -0.4 is 5.73 Å². The van der Waals surface area contributed by atoms with Crippen LogP contribution in [0.15, 0.2) is 0 Å². The summed E-state index contributed by atoms with van der Waals surface area (Å²) in [5.74, 6) is -1.13. The first-order chi connectivity index (χ1) is 7.47. The standard InChI is InChI=1S/C10H19NO4S/c11-6-5-9(10(12)13)16(14,15)7-8-3-1-2-4-8/h8-9H,1-7,11H2,(H,12,13). The smallest absolute Gasteiger partial charge is 0.321 e. The molecular weight excluding hydrogens is 230 g/mol. The lowest BCUT2D eigenvalue weighted by molar-refractivity contribution is -0.136. The third-order valence-electron chi connectivity index (χ3n) is 3.08. The zero-order valence-electron chi connectivity index (χ0n) is 9.26. The Morgan fingerprint density at radius 3 is 2.38 bits per heavy atom. The van der Waals surface area contributed by atoms with Crippen LogP contribution in [-0.4, -0.2) is 37.0 Å². The van der Waals surface area contributed by atoms with E-state index >= 15 is 0 Å². The molecular formula is C10H19NO4S. The highest BCUT2D eigenvalue weighted by Gasteiger charge is 2.34. The Balaban J connectivity index is 2.68. The van der Waals surface area contributed by atoms with Gasteiger partial charge in [0.25, 0.3) is 0 Å². The Morgan fingerprint density at radius 1 is 1.38 bits per heavy atom. The van der Waals surface area contributed by atoms with Gasteiger partial charge in [-0.15, -0.1) is 0 Å². The maximum Gasteiger partial charge on any atom is 0.321 e. The van der Waals surface area contributed by atoms with E-state index in [1.54, 1.807) is 0 Å². The number of nitrogens with two attached hydrogens (primary N) is 1. The predicted molar refractivity (Wildman–Crippen MR) is 60.8 cm³/mol.